The average Bonchev–Trinajstić information content (AvgIpc) is 2.29. The fourth-order valence-corrected chi connectivity index (χ4v) is 1.14. The van der Waals surface area contributed by atoms with Crippen LogP contribution in [0.4, 0.5) is 5.82 Å². The van der Waals surface area contributed by atoms with E-state index >= 15 is 0 Å². The molecule has 96 valence electrons. The smallest absolute Gasteiger partial charge is 0.236 e. The average molecular weight is 259 g/mol. The molecule has 5 nitrogen and oxygen atoms in total. The van der Waals surface area contributed by atoms with Crippen LogP contribution in [0.5, 0.6) is 0 Å². The highest BCUT2D eigenvalue weighted by atomic mass is 35.5. The Morgan fingerprint density at radius 3 is 2.82 bits per heavy atom. The predicted octanol–water partition coefficient (Wildman–Crippen LogP) is 0.769. The van der Waals surface area contributed by atoms with Crippen LogP contribution in [0.15, 0.2) is 24.4 Å². The van der Waals surface area contributed by atoms with Gasteiger partial charge in [-0.2, -0.15) is 0 Å². The summed E-state index contributed by atoms with van der Waals surface area (Å²) in [6, 6.07) is 5.26. The van der Waals surface area contributed by atoms with Crippen LogP contribution in [0.3, 0.4) is 0 Å². The summed E-state index contributed by atoms with van der Waals surface area (Å²) >= 11 is 0. The van der Waals surface area contributed by atoms with Crippen LogP contribution in [0.2, 0.25) is 0 Å². The first kappa shape index (κ1) is 15.7. The van der Waals surface area contributed by atoms with Gasteiger partial charge in [0, 0.05) is 19.3 Å². The molecular formula is C11H19ClN4O. The monoisotopic (exact) mass is 258 g/mol. The zero-order valence-electron chi connectivity index (χ0n) is 9.85. The maximum absolute atomic E-state index is 11.1. The number of carbonyl (C=O) groups excluding carboxylic acids is 1. The molecular weight excluding hydrogens is 240 g/mol. The fraction of sp³-hybridized carbons (Fsp3) is 0.455. The molecule has 0 bridgehead atoms. The highest BCUT2D eigenvalue weighted by Crippen LogP contribution is 1.98. The minimum absolute atomic E-state index is 0. The molecule has 17 heavy (non-hydrogen) atoms. The minimum atomic E-state index is -0.441. The molecule has 1 aromatic rings. The van der Waals surface area contributed by atoms with Crippen LogP contribution in [0.1, 0.15) is 13.3 Å². The van der Waals surface area contributed by atoms with Crippen molar-refractivity contribution in [1.82, 2.24) is 10.3 Å². The molecule has 0 fully saturated rings. The maximum Gasteiger partial charge on any atom is 0.236 e. The first-order valence-corrected chi connectivity index (χ1v) is 5.38. The number of hydrogen-bond acceptors (Lipinski definition) is 4. The van der Waals surface area contributed by atoms with Crippen LogP contribution in [0, 0.1) is 0 Å². The standard InChI is InChI=1S/C11H18N4O.ClH/c1-9(12)11(16)15-8-4-7-14-10-5-2-3-6-13-10;/h2-3,5-6,9H,4,7-8,12H2,1H3,(H,13,14)(H,15,16);1H. The summed E-state index contributed by atoms with van der Waals surface area (Å²) in [6.45, 7) is 3.07. The highest BCUT2D eigenvalue weighted by Gasteiger charge is 2.04. The van der Waals surface area contributed by atoms with E-state index in [1.54, 1.807) is 13.1 Å². The fourth-order valence-electron chi connectivity index (χ4n) is 1.14. The van der Waals surface area contributed by atoms with E-state index in [1.165, 1.54) is 0 Å². The zero-order chi connectivity index (χ0) is 11.8. The SMILES string of the molecule is CC(N)C(=O)NCCCNc1ccccn1.Cl. The number of amides is 1. The minimum Gasteiger partial charge on any atom is -0.370 e. The van der Waals surface area contributed by atoms with Crippen molar-refractivity contribution in [3.63, 3.8) is 0 Å². The van der Waals surface area contributed by atoms with Crippen LogP contribution in [0.25, 0.3) is 0 Å². The van der Waals surface area contributed by atoms with Gasteiger partial charge in [0.2, 0.25) is 5.91 Å². The third kappa shape index (κ3) is 6.76. The lowest BCUT2D eigenvalue weighted by Gasteiger charge is -2.08. The number of halogens is 1. The number of anilines is 1. The number of hydrogen-bond donors (Lipinski definition) is 3. The van der Waals surface area contributed by atoms with Crippen molar-refractivity contribution in [2.45, 2.75) is 19.4 Å². The summed E-state index contributed by atoms with van der Waals surface area (Å²) in [6.07, 6.45) is 2.58. The lowest BCUT2D eigenvalue weighted by molar-refractivity contribution is -0.121. The Hall–Kier alpha value is -1.33. The second-order valence-corrected chi connectivity index (χ2v) is 3.58. The van der Waals surface area contributed by atoms with Crippen molar-refractivity contribution in [3.05, 3.63) is 24.4 Å². The first-order valence-electron chi connectivity index (χ1n) is 5.38. The summed E-state index contributed by atoms with van der Waals surface area (Å²) in [5.74, 6) is 0.735. The lowest BCUT2D eigenvalue weighted by Crippen LogP contribution is -2.39. The van der Waals surface area contributed by atoms with Gasteiger partial charge in [0.25, 0.3) is 0 Å². The summed E-state index contributed by atoms with van der Waals surface area (Å²) in [5, 5.41) is 5.90. The number of pyridine rings is 1. The molecule has 0 aliphatic carbocycles. The number of rotatable bonds is 6. The van der Waals surface area contributed by atoms with Crippen molar-refractivity contribution in [1.29, 1.82) is 0 Å². The molecule has 1 atom stereocenters. The molecule has 4 N–H and O–H groups in total. The van der Waals surface area contributed by atoms with E-state index in [1.807, 2.05) is 18.2 Å². The highest BCUT2D eigenvalue weighted by molar-refractivity contribution is 5.85. The Bertz CT molecular complexity index is 319. The van der Waals surface area contributed by atoms with Gasteiger partial charge < -0.3 is 16.4 Å². The summed E-state index contributed by atoms with van der Waals surface area (Å²) < 4.78 is 0. The molecule has 1 amide bonds. The molecule has 1 aromatic heterocycles. The summed E-state index contributed by atoms with van der Waals surface area (Å²) in [4.78, 5) is 15.2. The molecule has 1 rings (SSSR count). The van der Waals surface area contributed by atoms with E-state index in [0.29, 0.717) is 6.54 Å². The topological polar surface area (TPSA) is 80.0 Å². The van der Waals surface area contributed by atoms with E-state index in [4.69, 9.17) is 5.73 Å². The molecule has 0 aliphatic rings. The van der Waals surface area contributed by atoms with E-state index < -0.39 is 6.04 Å². The van der Waals surface area contributed by atoms with Gasteiger partial charge in [-0.1, -0.05) is 6.07 Å². The van der Waals surface area contributed by atoms with Gasteiger partial charge in [-0.25, -0.2) is 4.98 Å². The Balaban J connectivity index is 0.00000256. The third-order valence-electron chi connectivity index (χ3n) is 2.04. The normalized spacial score (nSPS) is 11.2. The number of nitrogens with one attached hydrogen (secondary N) is 2. The molecule has 6 heteroatoms. The molecule has 0 aromatic carbocycles. The second kappa shape index (κ2) is 8.78. The van der Waals surface area contributed by atoms with Gasteiger partial charge in [0.15, 0.2) is 0 Å². The molecule has 1 unspecified atom stereocenters. The van der Waals surface area contributed by atoms with Gasteiger partial charge in [0.05, 0.1) is 6.04 Å². The maximum atomic E-state index is 11.1. The Morgan fingerprint density at radius 2 is 2.24 bits per heavy atom. The Kier molecular flexibility index (Phi) is 8.09. The van der Waals surface area contributed by atoms with Crippen molar-refractivity contribution >= 4 is 24.1 Å². The second-order valence-electron chi connectivity index (χ2n) is 3.58. The Morgan fingerprint density at radius 1 is 1.47 bits per heavy atom. The van der Waals surface area contributed by atoms with E-state index in [-0.39, 0.29) is 18.3 Å². The van der Waals surface area contributed by atoms with Gasteiger partial charge >= 0.3 is 0 Å². The van der Waals surface area contributed by atoms with E-state index in [2.05, 4.69) is 15.6 Å². The van der Waals surface area contributed by atoms with Crippen molar-refractivity contribution < 1.29 is 4.79 Å². The van der Waals surface area contributed by atoms with Crippen LogP contribution >= 0.6 is 12.4 Å². The molecule has 0 spiro atoms. The molecule has 0 radical (unpaired) electrons. The predicted molar refractivity (Wildman–Crippen MR) is 71.3 cm³/mol. The van der Waals surface area contributed by atoms with Crippen LogP contribution in [-0.2, 0) is 4.79 Å². The van der Waals surface area contributed by atoms with Gasteiger partial charge in [-0.15, -0.1) is 12.4 Å². The lowest BCUT2D eigenvalue weighted by atomic mass is 10.3. The van der Waals surface area contributed by atoms with Crippen LogP contribution < -0.4 is 16.4 Å². The molecule has 0 saturated heterocycles. The quantitative estimate of drug-likeness (QED) is 0.659. The molecule has 0 aliphatic heterocycles. The number of nitrogens with zero attached hydrogens (tertiary/aromatic N) is 1. The van der Waals surface area contributed by atoms with E-state index in [9.17, 15) is 4.79 Å². The number of aromatic nitrogens is 1. The van der Waals surface area contributed by atoms with Gasteiger partial charge in [-0.05, 0) is 25.5 Å². The van der Waals surface area contributed by atoms with E-state index in [0.717, 1.165) is 18.8 Å². The van der Waals surface area contributed by atoms with Crippen molar-refractivity contribution in [3.8, 4) is 0 Å². The van der Waals surface area contributed by atoms with Crippen molar-refractivity contribution in [2.24, 2.45) is 5.73 Å². The largest absolute Gasteiger partial charge is 0.370 e. The third-order valence-corrected chi connectivity index (χ3v) is 2.04. The number of carbonyl (C=O) groups is 1. The van der Waals surface area contributed by atoms with Gasteiger partial charge in [0.1, 0.15) is 5.82 Å². The van der Waals surface area contributed by atoms with Gasteiger partial charge in [-0.3, -0.25) is 4.79 Å². The first-order chi connectivity index (χ1) is 7.70. The van der Waals surface area contributed by atoms with Crippen molar-refractivity contribution in [2.75, 3.05) is 18.4 Å². The summed E-state index contributed by atoms with van der Waals surface area (Å²) in [7, 11) is 0. The zero-order valence-corrected chi connectivity index (χ0v) is 10.7. The Labute approximate surface area is 108 Å². The summed E-state index contributed by atoms with van der Waals surface area (Å²) in [5.41, 5.74) is 5.40. The molecule has 1 heterocycles. The van der Waals surface area contributed by atoms with Crippen LogP contribution in [-0.4, -0.2) is 30.0 Å². The molecule has 0 saturated carbocycles. The number of nitrogens with two attached hydrogens (primary N) is 1.